The Kier molecular flexibility index (Phi) is 4.85. The Balaban J connectivity index is 1.53. The molecule has 1 amide bonds. The van der Waals surface area contributed by atoms with Crippen LogP contribution in [0.25, 0.3) is 0 Å². The predicted molar refractivity (Wildman–Crippen MR) is 106 cm³/mol. The third-order valence-electron chi connectivity index (χ3n) is 5.19. The number of hydrogen-bond donors (Lipinski definition) is 2. The summed E-state index contributed by atoms with van der Waals surface area (Å²) >= 11 is 3.25. The zero-order valence-electron chi connectivity index (χ0n) is 15.5. The number of ether oxygens (including phenoxy) is 1. The molecule has 27 heavy (non-hydrogen) atoms. The number of fused-ring (bicyclic) bond motifs is 1. The number of nitrogens with one attached hydrogen (secondary N) is 1. The Morgan fingerprint density at radius 1 is 1.48 bits per heavy atom. The lowest BCUT2D eigenvalue weighted by Crippen LogP contribution is -2.61. The molecule has 0 aromatic carbocycles. The van der Waals surface area contributed by atoms with E-state index in [0.29, 0.717) is 23.5 Å². The summed E-state index contributed by atoms with van der Waals surface area (Å²) in [6.45, 7) is 2.63. The lowest BCUT2D eigenvalue weighted by molar-refractivity contribution is -0.0552. The van der Waals surface area contributed by atoms with Gasteiger partial charge in [0.15, 0.2) is 5.17 Å². The van der Waals surface area contributed by atoms with Gasteiger partial charge in [0.1, 0.15) is 23.1 Å². The summed E-state index contributed by atoms with van der Waals surface area (Å²) in [5.41, 5.74) is 5.67. The molecule has 0 bridgehead atoms. The summed E-state index contributed by atoms with van der Waals surface area (Å²) in [6.07, 6.45) is 2.67. The number of rotatable bonds is 3. The van der Waals surface area contributed by atoms with E-state index in [4.69, 9.17) is 15.5 Å². The lowest BCUT2D eigenvalue weighted by atomic mass is 9.79. The van der Waals surface area contributed by atoms with E-state index in [2.05, 4.69) is 22.3 Å². The topological polar surface area (TPSA) is 111 Å². The van der Waals surface area contributed by atoms with Crippen molar-refractivity contribution in [1.29, 1.82) is 0 Å². The SMILES string of the molecule is C[C@H]1C[C@H]2CSC(N)=N[C@@]2(C2SC=C(NC(=O)c3ncn(C)n3)N2C)CO1. The number of nitrogens with two attached hydrogens (primary N) is 1. The number of nitrogens with zero attached hydrogens (tertiary/aromatic N) is 5. The maximum atomic E-state index is 12.4. The van der Waals surface area contributed by atoms with E-state index in [1.807, 2.05) is 17.4 Å². The summed E-state index contributed by atoms with van der Waals surface area (Å²) in [7, 11) is 3.68. The fraction of sp³-hybridized carbons (Fsp3) is 0.625. The van der Waals surface area contributed by atoms with Crippen LogP contribution in [0.4, 0.5) is 0 Å². The molecule has 0 spiro atoms. The number of aromatic nitrogens is 3. The summed E-state index contributed by atoms with van der Waals surface area (Å²) in [6, 6.07) is 0. The van der Waals surface area contributed by atoms with E-state index in [-0.39, 0.29) is 23.2 Å². The molecule has 3 aliphatic heterocycles. The van der Waals surface area contributed by atoms with Crippen molar-refractivity contribution < 1.29 is 9.53 Å². The number of hydrogen-bond acceptors (Lipinski definition) is 9. The largest absolute Gasteiger partial charge is 0.379 e. The van der Waals surface area contributed by atoms with Crippen LogP contribution in [0.2, 0.25) is 0 Å². The molecule has 146 valence electrons. The van der Waals surface area contributed by atoms with Crippen molar-refractivity contribution in [1.82, 2.24) is 25.0 Å². The normalized spacial score (nSPS) is 33.3. The molecule has 4 rings (SSSR count). The Labute approximate surface area is 166 Å². The minimum atomic E-state index is -0.423. The van der Waals surface area contributed by atoms with Gasteiger partial charge in [0.25, 0.3) is 5.91 Å². The molecular formula is C16H23N7O2S2. The molecule has 4 heterocycles. The van der Waals surface area contributed by atoms with Crippen LogP contribution in [0.3, 0.4) is 0 Å². The van der Waals surface area contributed by atoms with Crippen LogP contribution in [-0.4, -0.2) is 67.2 Å². The average molecular weight is 410 g/mol. The van der Waals surface area contributed by atoms with Gasteiger partial charge in [-0.15, -0.1) is 16.9 Å². The molecule has 0 saturated carbocycles. The van der Waals surface area contributed by atoms with Gasteiger partial charge >= 0.3 is 0 Å². The van der Waals surface area contributed by atoms with Gasteiger partial charge in [-0.3, -0.25) is 14.5 Å². The van der Waals surface area contributed by atoms with Crippen molar-refractivity contribution in [2.24, 2.45) is 23.7 Å². The van der Waals surface area contributed by atoms with E-state index in [9.17, 15) is 4.79 Å². The minimum absolute atomic E-state index is 0.00133. The van der Waals surface area contributed by atoms with Crippen molar-refractivity contribution in [3.05, 3.63) is 23.4 Å². The van der Waals surface area contributed by atoms with Crippen molar-refractivity contribution in [2.45, 2.75) is 30.4 Å². The lowest BCUT2D eigenvalue weighted by Gasteiger charge is -2.50. The monoisotopic (exact) mass is 409 g/mol. The standard InChI is InChI=1S/C16H23N7O2S2/c1-9-4-10-5-27-15(17)20-16(10,7-25-9)14-23(3)11(6-26-14)19-13(24)12-18-8-22(2)21-12/h6,8-10,14H,4-5,7H2,1-3H3,(H2,17,20)(H,19,24)/t9-,10-,14?,16-/m0/s1. The summed E-state index contributed by atoms with van der Waals surface area (Å²) in [5.74, 6) is 1.83. The molecule has 1 saturated heterocycles. The number of likely N-dealkylation sites (N-methyl/N-ethyl adjacent to an activating group) is 1. The molecule has 1 aromatic rings. The number of aryl methyl sites for hydroxylation is 1. The zero-order chi connectivity index (χ0) is 19.2. The third kappa shape index (κ3) is 3.32. The molecule has 3 aliphatic rings. The van der Waals surface area contributed by atoms with Crippen LogP contribution in [-0.2, 0) is 11.8 Å². The fourth-order valence-corrected chi connectivity index (χ4v) is 6.13. The first kappa shape index (κ1) is 18.6. The third-order valence-corrected chi connectivity index (χ3v) is 7.48. The first-order chi connectivity index (χ1) is 12.9. The number of carbonyl (C=O) groups excluding carboxylic acids is 1. The van der Waals surface area contributed by atoms with Gasteiger partial charge in [0.2, 0.25) is 5.82 Å². The summed E-state index contributed by atoms with van der Waals surface area (Å²) < 4.78 is 7.50. The molecule has 0 aliphatic carbocycles. The van der Waals surface area contributed by atoms with E-state index in [0.717, 1.165) is 12.2 Å². The second kappa shape index (κ2) is 7.02. The second-order valence-corrected chi connectivity index (χ2v) is 9.10. The first-order valence-electron chi connectivity index (χ1n) is 8.74. The van der Waals surface area contributed by atoms with Gasteiger partial charge in [0, 0.05) is 31.2 Å². The van der Waals surface area contributed by atoms with Gasteiger partial charge in [0.05, 0.1) is 12.7 Å². The van der Waals surface area contributed by atoms with Crippen LogP contribution < -0.4 is 11.1 Å². The van der Waals surface area contributed by atoms with Crippen LogP contribution in [0, 0.1) is 5.92 Å². The Morgan fingerprint density at radius 2 is 2.30 bits per heavy atom. The second-order valence-electron chi connectivity index (χ2n) is 7.10. The molecule has 1 fully saturated rings. The number of aliphatic imine (C=N–C) groups is 1. The predicted octanol–water partition coefficient (Wildman–Crippen LogP) is 0.574. The van der Waals surface area contributed by atoms with Crippen molar-refractivity contribution in [2.75, 3.05) is 19.4 Å². The van der Waals surface area contributed by atoms with Crippen LogP contribution in [0.1, 0.15) is 24.0 Å². The molecule has 11 heteroatoms. The highest BCUT2D eigenvalue weighted by molar-refractivity contribution is 8.13. The van der Waals surface area contributed by atoms with E-state index in [1.54, 1.807) is 30.6 Å². The highest BCUT2D eigenvalue weighted by Crippen LogP contribution is 2.48. The quantitative estimate of drug-likeness (QED) is 0.746. The van der Waals surface area contributed by atoms with E-state index < -0.39 is 5.54 Å². The molecule has 1 aromatic heterocycles. The zero-order valence-corrected chi connectivity index (χ0v) is 17.1. The van der Waals surface area contributed by atoms with Crippen molar-refractivity contribution >= 4 is 34.6 Å². The number of amides is 1. The Hall–Kier alpha value is -1.72. The van der Waals surface area contributed by atoms with Gasteiger partial charge < -0.3 is 20.7 Å². The van der Waals surface area contributed by atoms with Gasteiger partial charge in [-0.1, -0.05) is 11.8 Å². The minimum Gasteiger partial charge on any atom is -0.379 e. The van der Waals surface area contributed by atoms with Gasteiger partial charge in [-0.25, -0.2) is 4.98 Å². The van der Waals surface area contributed by atoms with Crippen molar-refractivity contribution in [3.63, 3.8) is 0 Å². The molecule has 4 atom stereocenters. The molecule has 1 unspecified atom stereocenters. The van der Waals surface area contributed by atoms with E-state index in [1.165, 1.54) is 11.0 Å². The first-order valence-corrected chi connectivity index (χ1v) is 10.7. The van der Waals surface area contributed by atoms with Gasteiger partial charge in [-0.05, 0) is 13.3 Å². The summed E-state index contributed by atoms with van der Waals surface area (Å²) in [4.78, 5) is 23.3. The number of carbonyl (C=O) groups is 1. The summed E-state index contributed by atoms with van der Waals surface area (Å²) in [5, 5.41) is 9.51. The maximum Gasteiger partial charge on any atom is 0.296 e. The van der Waals surface area contributed by atoms with Crippen LogP contribution >= 0.6 is 23.5 Å². The highest BCUT2D eigenvalue weighted by Gasteiger charge is 2.54. The Morgan fingerprint density at radius 3 is 3.04 bits per heavy atom. The fourth-order valence-electron chi connectivity index (χ4n) is 3.77. The molecular weight excluding hydrogens is 386 g/mol. The average Bonchev–Trinajstić information content (AvgIpc) is 3.22. The van der Waals surface area contributed by atoms with Gasteiger partial charge in [-0.2, -0.15) is 0 Å². The maximum absolute atomic E-state index is 12.4. The number of amidine groups is 1. The Bertz CT molecular complexity index is 810. The number of thioether (sulfide) groups is 2. The molecule has 0 radical (unpaired) electrons. The smallest absolute Gasteiger partial charge is 0.296 e. The molecule has 3 N–H and O–H groups in total. The highest BCUT2D eigenvalue weighted by atomic mass is 32.2. The molecule has 9 nitrogen and oxygen atoms in total. The van der Waals surface area contributed by atoms with Crippen LogP contribution in [0.15, 0.2) is 22.5 Å². The van der Waals surface area contributed by atoms with E-state index >= 15 is 0 Å². The van der Waals surface area contributed by atoms with Crippen LogP contribution in [0.5, 0.6) is 0 Å². The van der Waals surface area contributed by atoms with Crippen molar-refractivity contribution in [3.8, 4) is 0 Å².